The molecule has 12 heteroatoms. The van der Waals surface area contributed by atoms with Crippen molar-refractivity contribution in [2.45, 2.75) is 77.1 Å². The molecule has 0 spiro atoms. The third-order valence-electron chi connectivity index (χ3n) is 10.4. The Balaban J connectivity index is 1.46. The van der Waals surface area contributed by atoms with Crippen molar-refractivity contribution in [2.24, 2.45) is 0 Å². The number of nitrogens with zero attached hydrogens (tertiary/aromatic N) is 4. The van der Waals surface area contributed by atoms with E-state index in [0.29, 0.717) is 50.9 Å². The summed E-state index contributed by atoms with van der Waals surface area (Å²) in [5.41, 5.74) is 7.63. The summed E-state index contributed by atoms with van der Waals surface area (Å²) in [5.74, 6) is 0.304. The standard InChI is InChI=1S/C38H45N5O6S/c1-5-43-35(32(22-39-43)38(45)41-15-17-49-18-16-41)28-19-27-20-29(48-4)12-14-30(27)36-34(25-9-7-6-8-10-25)31-13-11-26(21-33(31)42(36)23-28)37(44)40-50(46,47)24(2)3/h11-14,19-22,24-25H,5-10,15-18,23H2,1-4H3,(H,40,44). The molecule has 2 fully saturated rings. The van der Waals surface area contributed by atoms with Gasteiger partial charge in [0.05, 0.1) is 55.3 Å². The van der Waals surface area contributed by atoms with Crippen molar-refractivity contribution in [3.05, 3.63) is 70.5 Å². The molecule has 1 N–H and O–H groups in total. The highest BCUT2D eigenvalue weighted by molar-refractivity contribution is 7.90. The summed E-state index contributed by atoms with van der Waals surface area (Å²) in [6.07, 6.45) is 9.44. The molecular weight excluding hydrogens is 655 g/mol. The fourth-order valence-electron chi connectivity index (χ4n) is 7.69. The summed E-state index contributed by atoms with van der Waals surface area (Å²) in [6.45, 7) is 8.10. The van der Waals surface area contributed by atoms with E-state index in [0.717, 1.165) is 70.4 Å². The van der Waals surface area contributed by atoms with Crippen LogP contribution in [0.15, 0.2) is 42.6 Å². The molecule has 1 saturated carbocycles. The highest BCUT2D eigenvalue weighted by Crippen LogP contribution is 2.48. The first-order valence-corrected chi connectivity index (χ1v) is 19.2. The molecule has 0 atom stereocenters. The number of hydrogen-bond acceptors (Lipinski definition) is 7. The zero-order valence-corrected chi connectivity index (χ0v) is 30.0. The maximum Gasteiger partial charge on any atom is 0.264 e. The average molecular weight is 700 g/mol. The molecule has 0 bridgehead atoms. The van der Waals surface area contributed by atoms with E-state index in [2.05, 4.69) is 26.5 Å². The fraction of sp³-hybridized carbons (Fsp3) is 0.447. The van der Waals surface area contributed by atoms with Gasteiger partial charge in [-0.3, -0.25) is 14.3 Å². The summed E-state index contributed by atoms with van der Waals surface area (Å²) in [7, 11) is -2.17. The van der Waals surface area contributed by atoms with Gasteiger partial charge in [0, 0.05) is 41.7 Å². The number of aromatic nitrogens is 3. The zero-order chi connectivity index (χ0) is 35.2. The molecule has 1 aliphatic carbocycles. The lowest BCUT2D eigenvalue weighted by Crippen LogP contribution is -2.41. The predicted octanol–water partition coefficient (Wildman–Crippen LogP) is 6.08. The quantitative estimate of drug-likeness (QED) is 0.237. The number of allylic oxidation sites excluding steroid dienone is 1. The van der Waals surface area contributed by atoms with Crippen LogP contribution in [-0.2, 0) is 27.8 Å². The maximum absolute atomic E-state index is 14.0. The van der Waals surface area contributed by atoms with Crippen molar-refractivity contribution in [1.29, 1.82) is 0 Å². The van der Waals surface area contributed by atoms with Crippen LogP contribution in [0.25, 0.3) is 33.8 Å². The Morgan fingerprint density at radius 2 is 1.80 bits per heavy atom. The lowest BCUT2D eigenvalue weighted by molar-refractivity contribution is 0.0302. The Hall–Kier alpha value is -4.42. The van der Waals surface area contributed by atoms with E-state index in [-0.39, 0.29) is 11.5 Å². The van der Waals surface area contributed by atoms with Crippen molar-refractivity contribution in [3.8, 4) is 17.0 Å². The number of nitrogens with one attached hydrogen (secondary N) is 1. The van der Waals surface area contributed by atoms with Gasteiger partial charge in [0.2, 0.25) is 10.0 Å². The van der Waals surface area contributed by atoms with E-state index in [1.165, 1.54) is 12.0 Å². The average Bonchev–Trinajstić information content (AvgIpc) is 3.65. The van der Waals surface area contributed by atoms with E-state index in [4.69, 9.17) is 9.47 Å². The van der Waals surface area contributed by atoms with Gasteiger partial charge in [-0.1, -0.05) is 25.3 Å². The zero-order valence-electron chi connectivity index (χ0n) is 29.2. The monoisotopic (exact) mass is 699 g/mol. The molecule has 2 aromatic carbocycles. The molecule has 2 aromatic heterocycles. The topological polar surface area (TPSA) is 125 Å². The Labute approximate surface area is 293 Å². The van der Waals surface area contributed by atoms with Crippen molar-refractivity contribution < 1.29 is 27.5 Å². The molecule has 4 heterocycles. The maximum atomic E-state index is 14.0. The number of amides is 2. The second-order valence-corrected chi connectivity index (χ2v) is 15.9. The Bertz CT molecular complexity index is 2100. The van der Waals surface area contributed by atoms with E-state index in [1.54, 1.807) is 33.2 Å². The normalized spacial score (nSPS) is 16.9. The minimum absolute atomic E-state index is 0.0789. The molecule has 1 saturated heterocycles. The number of morpholine rings is 1. The first kappa shape index (κ1) is 34.0. The van der Waals surface area contributed by atoms with Crippen LogP contribution in [0, 0.1) is 0 Å². The second-order valence-electron chi connectivity index (χ2n) is 13.7. The van der Waals surface area contributed by atoms with Crippen LogP contribution in [0.2, 0.25) is 0 Å². The molecule has 11 nitrogen and oxygen atoms in total. The molecule has 2 amide bonds. The number of sulfonamides is 1. The number of hydrogen-bond donors (Lipinski definition) is 1. The lowest BCUT2D eigenvalue weighted by atomic mass is 9.81. The minimum atomic E-state index is -3.83. The number of rotatable bonds is 8. The van der Waals surface area contributed by atoms with Gasteiger partial charge >= 0.3 is 0 Å². The summed E-state index contributed by atoms with van der Waals surface area (Å²) >= 11 is 0. The van der Waals surface area contributed by atoms with E-state index >= 15 is 0 Å². The van der Waals surface area contributed by atoms with Gasteiger partial charge in [-0.15, -0.1) is 0 Å². The van der Waals surface area contributed by atoms with Gasteiger partial charge in [0.1, 0.15) is 5.75 Å². The van der Waals surface area contributed by atoms with Crippen LogP contribution < -0.4 is 9.46 Å². The van der Waals surface area contributed by atoms with Gasteiger partial charge < -0.3 is 18.9 Å². The lowest BCUT2D eigenvalue weighted by Gasteiger charge is -2.27. The number of fused-ring (bicyclic) bond motifs is 5. The number of carbonyl (C=O) groups is 2. The Morgan fingerprint density at radius 1 is 1.04 bits per heavy atom. The fourth-order valence-corrected chi connectivity index (χ4v) is 8.30. The minimum Gasteiger partial charge on any atom is -0.497 e. The molecular formula is C38H45N5O6S. The molecule has 7 rings (SSSR count). The molecule has 3 aliphatic rings. The highest BCUT2D eigenvalue weighted by Gasteiger charge is 2.33. The number of ether oxygens (including phenoxy) is 2. The van der Waals surface area contributed by atoms with Crippen LogP contribution in [0.5, 0.6) is 5.75 Å². The molecule has 4 aromatic rings. The molecule has 264 valence electrons. The van der Waals surface area contributed by atoms with Gasteiger partial charge in [-0.2, -0.15) is 5.10 Å². The first-order chi connectivity index (χ1) is 24.1. The van der Waals surface area contributed by atoms with E-state index in [1.807, 2.05) is 40.8 Å². The van der Waals surface area contributed by atoms with Crippen molar-refractivity contribution >= 4 is 44.4 Å². The Morgan fingerprint density at radius 3 is 2.50 bits per heavy atom. The predicted molar refractivity (Wildman–Crippen MR) is 194 cm³/mol. The van der Waals surface area contributed by atoms with Crippen LogP contribution in [-0.4, -0.2) is 78.1 Å². The second kappa shape index (κ2) is 13.7. The Kier molecular flexibility index (Phi) is 9.34. The van der Waals surface area contributed by atoms with Crippen LogP contribution in [0.3, 0.4) is 0 Å². The van der Waals surface area contributed by atoms with Gasteiger partial charge in [0.15, 0.2) is 0 Å². The third kappa shape index (κ3) is 6.12. The summed E-state index contributed by atoms with van der Waals surface area (Å²) in [4.78, 5) is 29.3. The smallest absolute Gasteiger partial charge is 0.264 e. The van der Waals surface area contributed by atoms with Crippen molar-refractivity contribution in [3.63, 3.8) is 0 Å². The van der Waals surface area contributed by atoms with E-state index < -0.39 is 21.2 Å². The summed E-state index contributed by atoms with van der Waals surface area (Å²) in [6, 6.07) is 11.7. The highest BCUT2D eigenvalue weighted by atomic mass is 32.2. The van der Waals surface area contributed by atoms with Crippen LogP contribution in [0.4, 0.5) is 0 Å². The summed E-state index contributed by atoms with van der Waals surface area (Å²) in [5, 5.41) is 4.98. The third-order valence-corrected chi connectivity index (χ3v) is 12.1. The van der Waals surface area contributed by atoms with Gasteiger partial charge in [0.25, 0.3) is 11.8 Å². The SMILES string of the molecule is CCn1ncc(C(=O)N2CCOCC2)c1C1=Cc2cc(OC)ccc2-c2c(C3CCCCC3)c3ccc(C(=O)NS(=O)(=O)C(C)C)cc3n2C1. The number of benzene rings is 2. The van der Waals surface area contributed by atoms with Crippen molar-refractivity contribution in [1.82, 2.24) is 24.0 Å². The number of methoxy groups -OCH3 is 1. The largest absolute Gasteiger partial charge is 0.497 e. The molecule has 2 aliphatic heterocycles. The summed E-state index contributed by atoms with van der Waals surface area (Å²) < 4.78 is 43.0. The number of carbonyl (C=O) groups excluding carboxylic acids is 2. The molecule has 0 radical (unpaired) electrons. The van der Waals surface area contributed by atoms with Crippen LogP contribution >= 0.6 is 0 Å². The molecule has 50 heavy (non-hydrogen) atoms. The molecule has 0 unspecified atom stereocenters. The van der Waals surface area contributed by atoms with Gasteiger partial charge in [-0.05, 0) is 92.6 Å². The van der Waals surface area contributed by atoms with Gasteiger partial charge in [-0.25, -0.2) is 13.1 Å². The first-order valence-electron chi connectivity index (χ1n) is 17.7. The number of aryl methyl sites for hydroxylation is 1. The van der Waals surface area contributed by atoms with Crippen molar-refractivity contribution in [2.75, 3.05) is 33.4 Å². The van der Waals surface area contributed by atoms with E-state index in [9.17, 15) is 18.0 Å². The van der Waals surface area contributed by atoms with Crippen LogP contribution in [0.1, 0.15) is 96.3 Å².